The molecule has 0 fully saturated rings. The number of carbonyl (C=O) groups excluding carboxylic acids is 2. The number of nitrogens with zero attached hydrogens (tertiary/aromatic N) is 1. The summed E-state index contributed by atoms with van der Waals surface area (Å²) in [5.41, 5.74) is 5.16. The van der Waals surface area contributed by atoms with E-state index in [1.807, 2.05) is 53.4 Å². The molecule has 0 unspecified atom stereocenters. The predicted molar refractivity (Wildman–Crippen MR) is 155 cm³/mol. The van der Waals surface area contributed by atoms with E-state index in [9.17, 15) is 9.59 Å². The molecule has 4 aromatic rings. The van der Waals surface area contributed by atoms with E-state index in [0.717, 1.165) is 29.5 Å². The van der Waals surface area contributed by atoms with Gasteiger partial charge in [0.1, 0.15) is 18.1 Å². The third-order valence-corrected chi connectivity index (χ3v) is 7.26. The molecule has 2 amide bonds. The van der Waals surface area contributed by atoms with Crippen molar-refractivity contribution < 1.29 is 18.7 Å². The Labute approximate surface area is 236 Å². The summed E-state index contributed by atoms with van der Waals surface area (Å²) in [4.78, 5) is 28.0. The third-order valence-electron chi connectivity index (χ3n) is 7.26. The summed E-state index contributed by atoms with van der Waals surface area (Å²) in [6.45, 7) is 7.75. The predicted octanol–water partition coefficient (Wildman–Crippen LogP) is 6.73. The molecule has 1 N–H and O–H groups in total. The van der Waals surface area contributed by atoms with Gasteiger partial charge in [0.15, 0.2) is 5.76 Å². The molecular weight excluding hydrogens is 500 g/mol. The number of furan rings is 1. The van der Waals surface area contributed by atoms with Crippen LogP contribution in [0.3, 0.4) is 0 Å². The molecule has 0 saturated heterocycles. The summed E-state index contributed by atoms with van der Waals surface area (Å²) in [5, 5.41) is 2.90. The van der Waals surface area contributed by atoms with E-state index in [4.69, 9.17) is 9.15 Å². The van der Waals surface area contributed by atoms with Crippen LogP contribution in [0.5, 0.6) is 5.75 Å². The zero-order valence-corrected chi connectivity index (χ0v) is 23.4. The lowest BCUT2D eigenvalue weighted by atomic mass is 9.87. The quantitative estimate of drug-likeness (QED) is 0.257. The molecule has 1 aliphatic rings. The molecule has 6 nitrogen and oxygen atoms in total. The van der Waals surface area contributed by atoms with Crippen molar-refractivity contribution >= 4 is 11.8 Å². The molecule has 1 aliphatic heterocycles. The van der Waals surface area contributed by atoms with Crippen LogP contribution >= 0.6 is 0 Å². The summed E-state index contributed by atoms with van der Waals surface area (Å²) in [7, 11) is 0. The lowest BCUT2D eigenvalue weighted by Gasteiger charge is -2.38. The second-order valence-electron chi connectivity index (χ2n) is 10.8. The SMILES string of the molecule is Cc1cccc([C@@H]2c3cc(OCc4ccc(C(=O)NCCC(C)C)o4)ccc3CCN2C(=O)c2ccccc2)c1. The molecule has 40 heavy (non-hydrogen) atoms. The maximum absolute atomic E-state index is 13.7. The number of aryl methyl sites for hydroxylation is 1. The number of amides is 2. The third kappa shape index (κ3) is 6.28. The van der Waals surface area contributed by atoms with Gasteiger partial charge in [-0.2, -0.15) is 0 Å². The summed E-state index contributed by atoms with van der Waals surface area (Å²) >= 11 is 0. The first-order valence-electron chi connectivity index (χ1n) is 13.9. The van der Waals surface area contributed by atoms with Gasteiger partial charge in [-0.25, -0.2) is 0 Å². The van der Waals surface area contributed by atoms with Gasteiger partial charge >= 0.3 is 0 Å². The van der Waals surface area contributed by atoms with Gasteiger partial charge in [-0.15, -0.1) is 0 Å². The number of rotatable bonds is 9. The van der Waals surface area contributed by atoms with Crippen LogP contribution in [0.15, 0.2) is 89.3 Å². The molecule has 0 bridgehead atoms. The second kappa shape index (κ2) is 12.2. The van der Waals surface area contributed by atoms with E-state index in [0.29, 0.717) is 36.1 Å². The molecule has 1 atom stereocenters. The van der Waals surface area contributed by atoms with E-state index in [1.54, 1.807) is 12.1 Å². The van der Waals surface area contributed by atoms with Gasteiger partial charge in [0.05, 0.1) is 6.04 Å². The number of hydrogen-bond donors (Lipinski definition) is 1. The average molecular weight is 537 g/mol. The van der Waals surface area contributed by atoms with Crippen LogP contribution in [0.1, 0.15) is 75.2 Å². The second-order valence-corrected chi connectivity index (χ2v) is 10.8. The zero-order chi connectivity index (χ0) is 28.1. The van der Waals surface area contributed by atoms with Crippen molar-refractivity contribution in [2.24, 2.45) is 5.92 Å². The summed E-state index contributed by atoms with van der Waals surface area (Å²) < 4.78 is 11.9. The van der Waals surface area contributed by atoms with Crippen LogP contribution < -0.4 is 10.1 Å². The Morgan fingerprint density at radius 1 is 1.00 bits per heavy atom. The van der Waals surface area contributed by atoms with Crippen LogP contribution in [0.4, 0.5) is 0 Å². The Morgan fingerprint density at radius 2 is 1.82 bits per heavy atom. The summed E-state index contributed by atoms with van der Waals surface area (Å²) in [6, 6.07) is 27.1. The maximum Gasteiger partial charge on any atom is 0.286 e. The largest absolute Gasteiger partial charge is 0.486 e. The normalized spacial score (nSPS) is 14.6. The Balaban J connectivity index is 1.36. The van der Waals surface area contributed by atoms with Crippen LogP contribution in [-0.2, 0) is 13.0 Å². The minimum atomic E-state index is -0.232. The van der Waals surface area contributed by atoms with Crippen molar-refractivity contribution in [3.05, 3.63) is 124 Å². The Morgan fingerprint density at radius 3 is 2.60 bits per heavy atom. The molecule has 0 spiro atoms. The van der Waals surface area contributed by atoms with Crippen molar-refractivity contribution in [3.8, 4) is 5.75 Å². The fourth-order valence-corrected chi connectivity index (χ4v) is 5.14. The summed E-state index contributed by atoms with van der Waals surface area (Å²) in [6.07, 6.45) is 1.68. The van der Waals surface area contributed by atoms with Crippen molar-refractivity contribution in [2.45, 2.75) is 46.3 Å². The number of hydrogen-bond acceptors (Lipinski definition) is 4. The van der Waals surface area contributed by atoms with Crippen LogP contribution in [0, 0.1) is 12.8 Å². The lowest BCUT2D eigenvalue weighted by molar-refractivity contribution is 0.0694. The lowest BCUT2D eigenvalue weighted by Crippen LogP contribution is -2.40. The molecule has 5 rings (SSSR count). The maximum atomic E-state index is 13.7. The molecule has 0 aliphatic carbocycles. The van der Waals surface area contributed by atoms with E-state index in [1.165, 1.54) is 5.56 Å². The van der Waals surface area contributed by atoms with E-state index in [2.05, 4.69) is 50.4 Å². The van der Waals surface area contributed by atoms with E-state index < -0.39 is 0 Å². The molecule has 0 saturated carbocycles. The monoisotopic (exact) mass is 536 g/mol. The summed E-state index contributed by atoms with van der Waals surface area (Å²) in [5.74, 6) is 1.85. The molecule has 3 aromatic carbocycles. The highest BCUT2D eigenvalue weighted by molar-refractivity contribution is 5.95. The molecular formula is C34H36N2O4. The highest BCUT2D eigenvalue weighted by Crippen LogP contribution is 2.38. The van der Waals surface area contributed by atoms with Crippen molar-refractivity contribution in [1.82, 2.24) is 10.2 Å². The first-order valence-corrected chi connectivity index (χ1v) is 13.9. The fourth-order valence-electron chi connectivity index (χ4n) is 5.14. The van der Waals surface area contributed by atoms with Crippen LogP contribution in [0.2, 0.25) is 0 Å². The minimum absolute atomic E-state index is 0.0128. The fraction of sp³-hybridized carbons (Fsp3) is 0.294. The smallest absolute Gasteiger partial charge is 0.286 e. The molecule has 2 heterocycles. The van der Waals surface area contributed by atoms with Crippen molar-refractivity contribution in [2.75, 3.05) is 13.1 Å². The van der Waals surface area contributed by atoms with Gasteiger partial charge in [-0.1, -0.05) is 67.9 Å². The van der Waals surface area contributed by atoms with Gasteiger partial charge in [0.25, 0.3) is 11.8 Å². The first kappa shape index (κ1) is 27.3. The standard InChI is InChI=1S/C34H36N2O4/c1-23(2)16-18-35-33(37)31-15-14-29(40-31)22-39-28-13-12-25-17-19-36(34(38)26-9-5-4-6-10-26)32(30(25)21-28)27-11-7-8-24(3)20-27/h4-15,20-21,23,32H,16-19,22H2,1-3H3,(H,35,37)/t32-/m1/s1. The van der Waals surface area contributed by atoms with Crippen LogP contribution in [0.25, 0.3) is 0 Å². The number of carbonyl (C=O) groups is 2. The highest BCUT2D eigenvalue weighted by atomic mass is 16.5. The van der Waals surface area contributed by atoms with E-state index >= 15 is 0 Å². The van der Waals surface area contributed by atoms with Gasteiger partial charge in [0, 0.05) is 18.7 Å². The van der Waals surface area contributed by atoms with Gasteiger partial charge in [-0.05, 0) is 78.8 Å². The zero-order valence-electron chi connectivity index (χ0n) is 23.4. The van der Waals surface area contributed by atoms with Crippen LogP contribution in [-0.4, -0.2) is 29.8 Å². The average Bonchev–Trinajstić information content (AvgIpc) is 3.44. The molecule has 0 radical (unpaired) electrons. The molecule has 1 aromatic heterocycles. The van der Waals surface area contributed by atoms with Crippen molar-refractivity contribution in [3.63, 3.8) is 0 Å². The molecule has 6 heteroatoms. The number of nitrogens with one attached hydrogen (secondary N) is 1. The van der Waals surface area contributed by atoms with Gasteiger partial charge < -0.3 is 19.4 Å². The number of ether oxygens (including phenoxy) is 1. The van der Waals surface area contributed by atoms with Crippen molar-refractivity contribution in [1.29, 1.82) is 0 Å². The van der Waals surface area contributed by atoms with Gasteiger partial charge in [0.2, 0.25) is 0 Å². The Bertz CT molecular complexity index is 1470. The van der Waals surface area contributed by atoms with Gasteiger partial charge in [-0.3, -0.25) is 9.59 Å². The highest BCUT2D eigenvalue weighted by Gasteiger charge is 2.33. The first-order chi connectivity index (χ1) is 19.4. The Hall–Kier alpha value is -4.32. The molecule has 206 valence electrons. The van der Waals surface area contributed by atoms with E-state index in [-0.39, 0.29) is 30.2 Å². The topological polar surface area (TPSA) is 71.8 Å². The number of fused-ring (bicyclic) bond motifs is 1. The Kier molecular flexibility index (Phi) is 8.34. The number of benzene rings is 3. The minimum Gasteiger partial charge on any atom is -0.486 e.